The SMILES string of the molecule is C[C@H](NC(=O)c1cncc(-c2cc(F)cc(F)c2)c1N1CC[C@](C)(OC(N)=O)C1)C(F)(F)F. The molecule has 0 bridgehead atoms. The molecule has 178 valence electrons. The number of primary amides is 1. The van der Waals surface area contributed by atoms with Gasteiger partial charge in [-0.1, -0.05) is 0 Å². The standard InChI is InChI=1S/C21H21F5N4O3/c1-11(21(24,25)26)29-18(31)16-9-28-8-15(12-5-13(22)7-14(23)6-12)17(16)30-4-3-20(2,10-30)33-19(27)32/h5-9,11H,3-4,10H2,1-2H3,(H2,27,32)(H,29,31)/t11-,20-/m0/s1. The van der Waals surface area contributed by atoms with Crippen LogP contribution in [0.1, 0.15) is 30.6 Å². The number of rotatable bonds is 5. The number of halogens is 5. The van der Waals surface area contributed by atoms with Crippen molar-refractivity contribution in [1.82, 2.24) is 10.3 Å². The lowest BCUT2D eigenvalue weighted by molar-refractivity contribution is -0.149. The van der Waals surface area contributed by atoms with E-state index in [9.17, 15) is 31.5 Å². The van der Waals surface area contributed by atoms with Gasteiger partial charge in [0.15, 0.2) is 0 Å². The van der Waals surface area contributed by atoms with Gasteiger partial charge in [-0.2, -0.15) is 13.2 Å². The summed E-state index contributed by atoms with van der Waals surface area (Å²) in [6, 6.07) is 0.527. The molecule has 2 atom stereocenters. The first-order chi connectivity index (χ1) is 15.3. The van der Waals surface area contributed by atoms with Crippen molar-refractivity contribution in [3.8, 4) is 11.1 Å². The van der Waals surface area contributed by atoms with E-state index in [-0.39, 0.29) is 41.9 Å². The first-order valence-electron chi connectivity index (χ1n) is 9.84. The van der Waals surface area contributed by atoms with Crippen molar-refractivity contribution < 1.29 is 36.3 Å². The Hall–Kier alpha value is -3.44. The molecule has 2 aromatic rings. The number of anilines is 1. The number of ether oxygens (including phenoxy) is 1. The molecule has 7 nitrogen and oxygen atoms in total. The Morgan fingerprint density at radius 1 is 1.21 bits per heavy atom. The zero-order chi connectivity index (χ0) is 24.6. The van der Waals surface area contributed by atoms with Crippen LogP contribution in [-0.2, 0) is 4.74 Å². The molecule has 0 saturated carbocycles. The summed E-state index contributed by atoms with van der Waals surface area (Å²) in [6.07, 6.45) is -3.10. The topological polar surface area (TPSA) is 97.6 Å². The van der Waals surface area contributed by atoms with E-state index in [1.165, 1.54) is 6.20 Å². The van der Waals surface area contributed by atoms with Crippen molar-refractivity contribution in [2.45, 2.75) is 38.1 Å². The smallest absolute Gasteiger partial charge is 0.408 e. The van der Waals surface area contributed by atoms with Crippen LogP contribution in [0.25, 0.3) is 11.1 Å². The molecule has 0 unspecified atom stereocenters. The Morgan fingerprint density at radius 3 is 2.42 bits per heavy atom. The largest absolute Gasteiger partial charge is 0.441 e. The van der Waals surface area contributed by atoms with Gasteiger partial charge in [0.05, 0.1) is 17.8 Å². The zero-order valence-electron chi connectivity index (χ0n) is 17.7. The minimum absolute atomic E-state index is 0.0259. The summed E-state index contributed by atoms with van der Waals surface area (Å²) in [5, 5.41) is 1.87. The number of hydrogen-bond donors (Lipinski definition) is 2. The Bertz CT molecular complexity index is 1060. The van der Waals surface area contributed by atoms with Gasteiger partial charge in [-0.05, 0) is 31.5 Å². The van der Waals surface area contributed by atoms with E-state index in [1.807, 2.05) is 5.32 Å². The van der Waals surface area contributed by atoms with Crippen LogP contribution in [0.15, 0.2) is 30.6 Å². The lowest BCUT2D eigenvalue weighted by Gasteiger charge is -2.28. The van der Waals surface area contributed by atoms with Crippen molar-refractivity contribution in [1.29, 1.82) is 0 Å². The van der Waals surface area contributed by atoms with E-state index in [0.29, 0.717) is 6.07 Å². The number of carbonyl (C=O) groups excluding carboxylic acids is 2. The highest BCUT2D eigenvalue weighted by atomic mass is 19.4. The third-order valence-electron chi connectivity index (χ3n) is 5.27. The Balaban J connectivity index is 2.11. The average Bonchev–Trinajstić information content (AvgIpc) is 3.06. The summed E-state index contributed by atoms with van der Waals surface area (Å²) in [5.41, 5.74) is 4.07. The number of carbonyl (C=O) groups is 2. The fourth-order valence-electron chi connectivity index (χ4n) is 3.69. The lowest BCUT2D eigenvalue weighted by Crippen LogP contribution is -2.43. The molecule has 1 aromatic carbocycles. The number of benzene rings is 1. The summed E-state index contributed by atoms with van der Waals surface area (Å²) >= 11 is 0. The van der Waals surface area contributed by atoms with Crippen LogP contribution < -0.4 is 16.0 Å². The molecule has 0 aliphatic carbocycles. The number of nitrogens with one attached hydrogen (secondary N) is 1. The van der Waals surface area contributed by atoms with Crippen molar-refractivity contribution in [2.24, 2.45) is 5.73 Å². The van der Waals surface area contributed by atoms with Gasteiger partial charge >= 0.3 is 12.3 Å². The Labute approximate surface area is 185 Å². The molecular formula is C21H21F5N4O3. The van der Waals surface area contributed by atoms with Crippen molar-refractivity contribution >= 4 is 17.7 Å². The number of nitrogens with zero attached hydrogens (tertiary/aromatic N) is 2. The third-order valence-corrected chi connectivity index (χ3v) is 5.27. The highest BCUT2D eigenvalue weighted by Crippen LogP contribution is 2.39. The first kappa shape index (κ1) is 24.2. The Morgan fingerprint density at radius 2 is 1.85 bits per heavy atom. The van der Waals surface area contributed by atoms with Gasteiger partial charge in [-0.25, -0.2) is 13.6 Å². The predicted octanol–water partition coefficient (Wildman–Crippen LogP) is 3.77. The monoisotopic (exact) mass is 472 g/mol. The van der Waals surface area contributed by atoms with E-state index >= 15 is 0 Å². The Kier molecular flexibility index (Phi) is 6.48. The third kappa shape index (κ3) is 5.49. The van der Waals surface area contributed by atoms with Gasteiger partial charge in [0.2, 0.25) is 0 Å². The molecule has 0 spiro atoms. The number of hydrogen-bond acceptors (Lipinski definition) is 5. The predicted molar refractivity (Wildman–Crippen MR) is 108 cm³/mol. The number of alkyl halides is 3. The van der Waals surface area contributed by atoms with E-state index in [4.69, 9.17) is 10.5 Å². The van der Waals surface area contributed by atoms with Crippen molar-refractivity contribution in [3.05, 3.63) is 47.8 Å². The van der Waals surface area contributed by atoms with E-state index in [0.717, 1.165) is 25.3 Å². The van der Waals surface area contributed by atoms with Crippen LogP contribution in [-0.4, -0.2) is 47.9 Å². The van der Waals surface area contributed by atoms with Crippen LogP contribution in [0, 0.1) is 11.6 Å². The quantitative estimate of drug-likeness (QED) is 0.646. The molecule has 1 aliphatic rings. The maximum absolute atomic E-state index is 13.9. The van der Waals surface area contributed by atoms with Crippen LogP contribution >= 0.6 is 0 Å². The molecule has 2 heterocycles. The first-order valence-corrected chi connectivity index (χ1v) is 9.84. The second kappa shape index (κ2) is 8.83. The number of nitrogens with two attached hydrogens (primary N) is 1. The fraction of sp³-hybridized carbons (Fsp3) is 0.381. The molecule has 33 heavy (non-hydrogen) atoms. The summed E-state index contributed by atoms with van der Waals surface area (Å²) in [5.74, 6) is -2.86. The summed E-state index contributed by atoms with van der Waals surface area (Å²) in [4.78, 5) is 29.6. The van der Waals surface area contributed by atoms with E-state index in [1.54, 1.807) is 11.8 Å². The minimum atomic E-state index is -4.69. The molecule has 0 radical (unpaired) electrons. The summed E-state index contributed by atoms with van der Waals surface area (Å²) < 4.78 is 72.0. The van der Waals surface area contributed by atoms with Gasteiger partial charge in [-0.3, -0.25) is 9.78 Å². The lowest BCUT2D eigenvalue weighted by atomic mass is 10.0. The summed E-state index contributed by atoms with van der Waals surface area (Å²) in [7, 11) is 0. The molecule has 2 amide bonds. The van der Waals surface area contributed by atoms with Gasteiger partial charge in [-0.15, -0.1) is 0 Å². The van der Waals surface area contributed by atoms with Crippen molar-refractivity contribution in [2.75, 3.05) is 18.0 Å². The highest BCUT2D eigenvalue weighted by molar-refractivity contribution is 6.03. The van der Waals surface area contributed by atoms with Gasteiger partial charge < -0.3 is 20.7 Å². The number of amides is 2. The summed E-state index contributed by atoms with van der Waals surface area (Å²) in [6.45, 7) is 2.63. The van der Waals surface area contributed by atoms with Crippen LogP contribution in [0.3, 0.4) is 0 Å². The molecule has 3 N–H and O–H groups in total. The maximum Gasteiger partial charge on any atom is 0.408 e. The maximum atomic E-state index is 13.9. The molecule has 3 rings (SSSR count). The van der Waals surface area contributed by atoms with E-state index < -0.39 is 41.5 Å². The normalized spacial score (nSPS) is 19.3. The highest BCUT2D eigenvalue weighted by Gasteiger charge is 2.41. The van der Waals surface area contributed by atoms with Crippen molar-refractivity contribution in [3.63, 3.8) is 0 Å². The van der Waals surface area contributed by atoms with Crippen LogP contribution in [0.2, 0.25) is 0 Å². The molecular weight excluding hydrogens is 451 g/mol. The van der Waals surface area contributed by atoms with Crippen LogP contribution in [0.4, 0.5) is 32.4 Å². The van der Waals surface area contributed by atoms with Crippen LogP contribution in [0.5, 0.6) is 0 Å². The fourth-order valence-corrected chi connectivity index (χ4v) is 3.69. The number of aromatic nitrogens is 1. The van der Waals surface area contributed by atoms with Gasteiger partial charge in [0, 0.05) is 37.0 Å². The van der Waals surface area contributed by atoms with Gasteiger partial charge in [0.25, 0.3) is 5.91 Å². The molecule has 1 saturated heterocycles. The minimum Gasteiger partial charge on any atom is -0.441 e. The zero-order valence-corrected chi connectivity index (χ0v) is 17.7. The van der Waals surface area contributed by atoms with E-state index in [2.05, 4.69) is 4.98 Å². The number of pyridine rings is 1. The average molecular weight is 472 g/mol. The molecule has 12 heteroatoms. The van der Waals surface area contributed by atoms with Gasteiger partial charge in [0.1, 0.15) is 23.3 Å². The molecule has 1 aliphatic heterocycles. The second-order valence-corrected chi connectivity index (χ2v) is 8.02. The molecule has 1 aromatic heterocycles. The second-order valence-electron chi connectivity index (χ2n) is 8.02. The molecule has 1 fully saturated rings.